The Morgan fingerprint density at radius 2 is 1.80 bits per heavy atom. The van der Waals surface area contributed by atoms with Gasteiger partial charge in [-0.3, -0.25) is 14.4 Å². The fraction of sp³-hybridized carbons (Fsp3) is 0.738. The molecular formula is C42H64N4O13. The largest absolute Gasteiger partial charge is 0.496 e. The predicted molar refractivity (Wildman–Crippen MR) is 213 cm³/mol. The first-order valence-corrected chi connectivity index (χ1v) is 20.5. The molecule has 2 amide bonds. The molecule has 59 heavy (non-hydrogen) atoms. The lowest BCUT2D eigenvalue weighted by molar-refractivity contribution is -0.302. The Bertz CT molecular complexity index is 1730. The van der Waals surface area contributed by atoms with Crippen molar-refractivity contribution in [3.63, 3.8) is 0 Å². The monoisotopic (exact) mass is 832 g/mol. The van der Waals surface area contributed by atoms with E-state index in [1.807, 2.05) is 53.6 Å². The van der Waals surface area contributed by atoms with Crippen LogP contribution in [0.15, 0.2) is 23.4 Å². The number of amides is 2. The molecule has 4 heterocycles. The number of carbonyl (C=O) groups excluding carboxylic acids is 4. The first-order chi connectivity index (χ1) is 27.7. The number of carbonyl (C=O) groups is 4. The number of nitrogens with one attached hydrogen (secondary N) is 1. The number of Topliss-reactive ketones (excluding diaryl/α,β-unsaturated/α-hetero) is 1. The highest BCUT2D eigenvalue weighted by Crippen LogP contribution is 2.42. The minimum Gasteiger partial charge on any atom is -0.496 e. The number of nitrogens with zero attached hydrogens (tertiary/aromatic N) is 2. The van der Waals surface area contributed by atoms with E-state index in [2.05, 4.69) is 10.5 Å². The van der Waals surface area contributed by atoms with Crippen LogP contribution < -0.4 is 15.8 Å². The third-order valence-electron chi connectivity index (χ3n) is 12.6. The lowest BCUT2D eigenvalue weighted by Gasteiger charge is -2.48. The Kier molecular flexibility index (Phi) is 14.7. The molecule has 0 aromatic heterocycles. The number of hydrogen-bond acceptors (Lipinski definition) is 15. The molecule has 0 unspecified atom stereocenters. The maximum absolute atomic E-state index is 14.5. The van der Waals surface area contributed by atoms with Crippen molar-refractivity contribution >= 4 is 29.5 Å². The number of nitrogens with two attached hydrogens (primary N) is 1. The Labute approximate surface area is 346 Å². The van der Waals surface area contributed by atoms with Crippen molar-refractivity contribution in [3.8, 4) is 5.75 Å². The molecule has 1 aromatic rings. The number of benzene rings is 1. The summed E-state index contributed by atoms with van der Waals surface area (Å²) in [6.07, 6.45) is -4.87. The van der Waals surface area contributed by atoms with Crippen molar-refractivity contribution in [2.45, 2.75) is 141 Å². The number of oxime groups is 1. The molecule has 330 valence electrons. The van der Waals surface area contributed by atoms with Gasteiger partial charge in [-0.25, -0.2) is 4.79 Å². The van der Waals surface area contributed by atoms with Crippen LogP contribution in [0.5, 0.6) is 5.75 Å². The van der Waals surface area contributed by atoms with E-state index >= 15 is 0 Å². The molecule has 4 saturated heterocycles. The number of rotatable bonds is 9. The molecule has 2 bridgehead atoms. The van der Waals surface area contributed by atoms with Gasteiger partial charge in [-0.15, -0.1) is 0 Å². The number of esters is 1. The summed E-state index contributed by atoms with van der Waals surface area (Å²) in [5.41, 5.74) is 4.00. The Balaban J connectivity index is 1.59. The molecule has 0 radical (unpaired) electrons. The highest BCUT2D eigenvalue weighted by atomic mass is 16.7. The van der Waals surface area contributed by atoms with E-state index < -0.39 is 89.6 Å². The van der Waals surface area contributed by atoms with E-state index in [1.165, 1.54) is 13.2 Å². The molecule has 5 rings (SSSR count). The number of ether oxygens (including phenoxy) is 7. The van der Waals surface area contributed by atoms with Crippen LogP contribution in [0.25, 0.3) is 0 Å². The topological polar surface area (TPSA) is 216 Å². The maximum atomic E-state index is 14.5. The van der Waals surface area contributed by atoms with Crippen LogP contribution in [-0.4, -0.2) is 134 Å². The summed E-state index contributed by atoms with van der Waals surface area (Å²) in [4.78, 5) is 61.2. The molecule has 0 saturated carbocycles. The van der Waals surface area contributed by atoms with E-state index in [4.69, 9.17) is 43.7 Å². The second-order valence-electron chi connectivity index (χ2n) is 17.3. The lowest BCUT2D eigenvalue weighted by atomic mass is 9.73. The zero-order chi connectivity index (χ0) is 43.6. The van der Waals surface area contributed by atoms with Gasteiger partial charge in [0.2, 0.25) is 5.91 Å². The van der Waals surface area contributed by atoms with Gasteiger partial charge >= 0.3 is 12.1 Å². The van der Waals surface area contributed by atoms with E-state index in [1.54, 1.807) is 32.9 Å². The summed E-state index contributed by atoms with van der Waals surface area (Å²) in [6, 6.07) is 3.65. The Morgan fingerprint density at radius 3 is 2.44 bits per heavy atom. The zero-order valence-corrected chi connectivity index (χ0v) is 36.2. The van der Waals surface area contributed by atoms with Crippen molar-refractivity contribution in [1.82, 2.24) is 10.2 Å². The Morgan fingerprint density at radius 1 is 1.08 bits per heavy atom. The molecule has 4 aliphatic heterocycles. The van der Waals surface area contributed by atoms with E-state index in [9.17, 15) is 24.3 Å². The SMILES string of the molecule is CC[C@H]1OC(=O)[C@H](C)[C@H]2OC/C(=N\OCc3ccc(C(N)=O)cc3OC)CO[C@](C)(C[C@@H](C)C(=O)[C@H](C)[C@@H]3NC(=O)O[C@]13C)[C@H](O[C@@H]1O[C@H](C)C[C@H](N(C)C)[C@H]1O)[C@@H]2C. The first kappa shape index (κ1) is 46.2. The summed E-state index contributed by atoms with van der Waals surface area (Å²) in [7, 11) is 5.23. The fourth-order valence-corrected chi connectivity index (χ4v) is 9.31. The van der Waals surface area contributed by atoms with Gasteiger partial charge in [-0.1, -0.05) is 38.9 Å². The quantitative estimate of drug-likeness (QED) is 0.240. The molecular weight excluding hydrogens is 768 g/mol. The fourth-order valence-electron chi connectivity index (χ4n) is 9.31. The molecule has 0 aliphatic carbocycles. The number of cyclic esters (lactones) is 1. The van der Waals surface area contributed by atoms with Gasteiger partial charge in [0, 0.05) is 34.9 Å². The average molecular weight is 833 g/mol. The third kappa shape index (κ3) is 9.86. The summed E-state index contributed by atoms with van der Waals surface area (Å²) in [5.74, 6) is -3.98. The number of fused-ring (bicyclic) bond motifs is 4. The standard InChI is InChI=1S/C42H64N4O13/c1-12-31-42(8)35(44-40(51)59-42)23(4)32(47)21(2)17-41(7)36(58-39-33(48)29(46(9)10)15-22(3)56-39)24(5)34(25(6)38(50)57-31)53-19-28(20-54-41)45-55-18-27-14-13-26(37(43)49)16-30(27)52-11/h13-14,16,21-25,29,31,33-36,39,48H,12,15,17-20H2,1-11H3,(H2,43,49)(H,44,51)/b45-28+/t21-,22-,23+,24-,25-,29+,31-,33-,34+,35+,36-,39+,41-,42-/m1/s1. The van der Waals surface area contributed by atoms with Crippen molar-refractivity contribution in [3.05, 3.63) is 29.3 Å². The van der Waals surface area contributed by atoms with Gasteiger partial charge < -0.3 is 59.1 Å². The van der Waals surface area contributed by atoms with Crippen molar-refractivity contribution < 1.29 is 62.3 Å². The van der Waals surface area contributed by atoms with Gasteiger partial charge in [0.1, 0.15) is 36.1 Å². The minimum atomic E-state index is -1.35. The van der Waals surface area contributed by atoms with Gasteiger partial charge in [-0.05, 0) is 73.2 Å². The second-order valence-corrected chi connectivity index (χ2v) is 17.3. The number of primary amides is 1. The van der Waals surface area contributed by atoms with E-state index in [-0.39, 0.29) is 49.7 Å². The average Bonchev–Trinajstić information content (AvgIpc) is 3.52. The predicted octanol–water partition coefficient (Wildman–Crippen LogP) is 3.36. The third-order valence-corrected chi connectivity index (χ3v) is 12.6. The van der Waals surface area contributed by atoms with Crippen molar-refractivity contribution in [2.75, 3.05) is 34.4 Å². The van der Waals surface area contributed by atoms with Gasteiger partial charge in [0.25, 0.3) is 0 Å². The minimum absolute atomic E-state index is 0.0419. The number of aliphatic hydroxyl groups excluding tert-OH is 1. The van der Waals surface area contributed by atoms with Crippen LogP contribution in [0, 0.1) is 23.7 Å². The van der Waals surface area contributed by atoms with Gasteiger partial charge in [-0.2, -0.15) is 0 Å². The van der Waals surface area contributed by atoms with Crippen LogP contribution >= 0.6 is 0 Å². The number of likely N-dealkylation sites (N-methyl/N-ethyl adjacent to an activating group) is 1. The molecule has 4 fully saturated rings. The van der Waals surface area contributed by atoms with E-state index in [0.717, 1.165) is 0 Å². The molecule has 17 heteroatoms. The summed E-state index contributed by atoms with van der Waals surface area (Å²) in [6.45, 7) is 14.1. The van der Waals surface area contributed by atoms with Crippen LogP contribution in [0.4, 0.5) is 4.79 Å². The van der Waals surface area contributed by atoms with Crippen LogP contribution in [-0.2, 0) is 49.5 Å². The second kappa shape index (κ2) is 18.8. The van der Waals surface area contributed by atoms with E-state index in [0.29, 0.717) is 29.9 Å². The number of hydrogen-bond donors (Lipinski definition) is 3. The zero-order valence-electron chi connectivity index (χ0n) is 36.2. The molecule has 14 atom stereocenters. The summed E-state index contributed by atoms with van der Waals surface area (Å²) >= 11 is 0. The van der Waals surface area contributed by atoms with Crippen LogP contribution in [0.3, 0.4) is 0 Å². The molecule has 0 spiro atoms. The summed E-state index contributed by atoms with van der Waals surface area (Å²) in [5, 5.41) is 18.9. The van der Waals surface area contributed by atoms with Crippen molar-refractivity contribution in [2.24, 2.45) is 34.6 Å². The highest BCUT2D eigenvalue weighted by molar-refractivity contribution is 5.93. The number of aliphatic hydroxyl groups is 1. The van der Waals surface area contributed by atoms with Crippen LogP contribution in [0.1, 0.15) is 90.6 Å². The Hall–Kier alpha value is -3.87. The highest BCUT2D eigenvalue weighted by Gasteiger charge is 2.57. The number of methoxy groups -OCH3 is 1. The number of alkyl carbamates (subject to hydrolysis) is 1. The number of ketones is 1. The molecule has 17 nitrogen and oxygen atoms in total. The summed E-state index contributed by atoms with van der Waals surface area (Å²) < 4.78 is 44.1. The normalized spacial score (nSPS) is 39.2. The van der Waals surface area contributed by atoms with Gasteiger partial charge in [0.05, 0.1) is 56.2 Å². The first-order valence-electron chi connectivity index (χ1n) is 20.5. The maximum Gasteiger partial charge on any atom is 0.408 e. The molecule has 4 aliphatic rings. The molecule has 1 aromatic carbocycles. The molecule has 4 N–H and O–H groups in total. The van der Waals surface area contributed by atoms with Crippen molar-refractivity contribution in [1.29, 1.82) is 0 Å². The van der Waals surface area contributed by atoms with Gasteiger partial charge in [0.15, 0.2) is 11.9 Å². The lowest BCUT2D eigenvalue weighted by Crippen LogP contribution is -2.60. The smallest absolute Gasteiger partial charge is 0.408 e. The van der Waals surface area contributed by atoms with Crippen LogP contribution in [0.2, 0.25) is 0 Å².